The number of sulfonamides is 1. The number of amides is 1. The standard InChI is InChI=1S/C24H25FN4O4S/c1-14-12-15(2)21(16(3)13-14)33-23-17(10-11-18(26-23)24(4,5)6)22(30)28-29-34(31,32)20-9-7-8-19(25)27-20/h7-13H,1-6H3. The fraction of sp³-hybridized carbons (Fsp3) is 0.292. The third kappa shape index (κ3) is 5.69. The summed E-state index contributed by atoms with van der Waals surface area (Å²) >= 11 is 0. The molecule has 0 spiro atoms. The summed E-state index contributed by atoms with van der Waals surface area (Å²) in [5.41, 5.74) is 3.00. The van der Waals surface area contributed by atoms with Gasteiger partial charge in [-0.3, -0.25) is 4.79 Å². The Bertz CT molecular complexity index is 1370. The van der Waals surface area contributed by atoms with Crippen molar-refractivity contribution in [1.82, 2.24) is 9.97 Å². The number of rotatable bonds is 5. The van der Waals surface area contributed by atoms with E-state index in [1.54, 1.807) is 6.07 Å². The number of nitrogens with zero attached hydrogens (tertiary/aromatic N) is 4. The average molecular weight is 485 g/mol. The molecule has 2 aromatic heterocycles. The molecule has 8 nitrogen and oxygen atoms in total. The van der Waals surface area contributed by atoms with Gasteiger partial charge in [-0.25, -0.2) is 9.97 Å². The molecule has 0 aliphatic heterocycles. The first-order chi connectivity index (χ1) is 15.8. The molecule has 0 bridgehead atoms. The van der Waals surface area contributed by atoms with Gasteiger partial charge in [0.2, 0.25) is 11.8 Å². The van der Waals surface area contributed by atoms with E-state index in [9.17, 15) is 17.6 Å². The van der Waals surface area contributed by atoms with Crippen molar-refractivity contribution < 1.29 is 22.3 Å². The number of halogens is 1. The summed E-state index contributed by atoms with van der Waals surface area (Å²) in [7, 11) is -4.48. The van der Waals surface area contributed by atoms with E-state index in [0.717, 1.165) is 28.8 Å². The molecule has 0 unspecified atom stereocenters. The zero-order chi connectivity index (χ0) is 25.3. The minimum atomic E-state index is -4.48. The maximum Gasteiger partial charge on any atom is 0.317 e. The zero-order valence-corrected chi connectivity index (χ0v) is 20.6. The number of benzene rings is 1. The van der Waals surface area contributed by atoms with Gasteiger partial charge in [0.25, 0.3) is 0 Å². The molecule has 3 rings (SSSR count). The molecule has 34 heavy (non-hydrogen) atoms. The van der Waals surface area contributed by atoms with Crippen LogP contribution in [0.4, 0.5) is 4.39 Å². The van der Waals surface area contributed by atoms with Gasteiger partial charge < -0.3 is 4.74 Å². The van der Waals surface area contributed by atoms with Crippen molar-refractivity contribution in [1.29, 1.82) is 0 Å². The van der Waals surface area contributed by atoms with Gasteiger partial charge in [0, 0.05) is 11.1 Å². The molecule has 1 aromatic carbocycles. The molecule has 0 fully saturated rings. The van der Waals surface area contributed by atoms with Crippen LogP contribution in [0.3, 0.4) is 0 Å². The highest BCUT2D eigenvalue weighted by Gasteiger charge is 2.23. The van der Waals surface area contributed by atoms with Crippen LogP contribution in [-0.2, 0) is 15.4 Å². The molecular formula is C24H25FN4O4S. The second kappa shape index (κ2) is 9.38. The average Bonchev–Trinajstić information content (AvgIpc) is 2.74. The highest BCUT2D eigenvalue weighted by molar-refractivity contribution is 7.89. The summed E-state index contributed by atoms with van der Waals surface area (Å²) in [5.74, 6) is -1.46. The third-order valence-electron chi connectivity index (χ3n) is 4.86. The highest BCUT2D eigenvalue weighted by Crippen LogP contribution is 2.33. The number of ether oxygens (including phenoxy) is 1. The quantitative estimate of drug-likeness (QED) is 0.344. The fourth-order valence-electron chi connectivity index (χ4n) is 3.24. The van der Waals surface area contributed by atoms with E-state index in [-0.39, 0.29) is 16.9 Å². The van der Waals surface area contributed by atoms with Crippen LogP contribution >= 0.6 is 0 Å². The Morgan fingerprint density at radius 3 is 2.24 bits per heavy atom. The molecule has 1 amide bonds. The number of aromatic nitrogens is 2. The number of carbonyl (C=O) groups is 1. The summed E-state index contributed by atoms with van der Waals surface area (Å²) in [6.45, 7) is 11.6. The second-order valence-electron chi connectivity index (χ2n) is 8.89. The van der Waals surface area contributed by atoms with Crippen molar-refractivity contribution in [3.63, 3.8) is 0 Å². The maximum absolute atomic E-state index is 13.3. The van der Waals surface area contributed by atoms with E-state index in [4.69, 9.17) is 4.74 Å². The monoisotopic (exact) mass is 484 g/mol. The lowest BCUT2D eigenvalue weighted by atomic mass is 9.91. The summed E-state index contributed by atoms with van der Waals surface area (Å²) in [4.78, 5) is 20.6. The normalized spacial score (nSPS) is 12.2. The predicted octanol–water partition coefficient (Wildman–Crippen LogP) is 5.61. The van der Waals surface area contributed by atoms with Gasteiger partial charge in [0.15, 0.2) is 5.03 Å². The highest BCUT2D eigenvalue weighted by atomic mass is 32.2. The van der Waals surface area contributed by atoms with E-state index < -0.39 is 26.9 Å². The smallest absolute Gasteiger partial charge is 0.317 e. The van der Waals surface area contributed by atoms with E-state index in [1.807, 2.05) is 53.7 Å². The fourth-order valence-corrected chi connectivity index (χ4v) is 3.96. The van der Waals surface area contributed by atoms with E-state index in [0.29, 0.717) is 11.4 Å². The molecule has 0 saturated heterocycles. The lowest BCUT2D eigenvalue weighted by molar-refractivity contribution is 0.0992. The Hall–Kier alpha value is -3.53. The van der Waals surface area contributed by atoms with Gasteiger partial charge in [0.05, 0.1) is 0 Å². The van der Waals surface area contributed by atoms with Gasteiger partial charge in [-0.05, 0) is 60.7 Å². The van der Waals surface area contributed by atoms with E-state index in [1.165, 1.54) is 12.1 Å². The molecular weight excluding hydrogens is 459 g/mol. The van der Waals surface area contributed by atoms with Crippen LogP contribution in [0.1, 0.15) is 53.5 Å². The number of pyridine rings is 2. The molecule has 178 valence electrons. The van der Waals surface area contributed by atoms with Crippen molar-refractivity contribution >= 4 is 15.9 Å². The Balaban J connectivity index is 2.04. The molecule has 0 saturated carbocycles. The largest absolute Gasteiger partial charge is 0.438 e. The van der Waals surface area contributed by atoms with Crippen LogP contribution < -0.4 is 4.74 Å². The Kier molecular flexibility index (Phi) is 6.92. The van der Waals surface area contributed by atoms with Gasteiger partial charge >= 0.3 is 15.9 Å². The van der Waals surface area contributed by atoms with Crippen LogP contribution in [0.15, 0.2) is 57.1 Å². The topological polar surface area (TPSA) is 111 Å². The van der Waals surface area contributed by atoms with Crippen LogP contribution in [-0.4, -0.2) is 24.3 Å². The van der Waals surface area contributed by atoms with E-state index >= 15 is 0 Å². The number of aryl methyl sites for hydroxylation is 3. The zero-order valence-electron chi connectivity index (χ0n) is 19.7. The Labute approximate surface area is 198 Å². The number of hydrogen-bond acceptors (Lipinski definition) is 6. The minimum Gasteiger partial charge on any atom is -0.438 e. The molecule has 0 aliphatic rings. The number of hydrogen-bond donors (Lipinski definition) is 0. The Morgan fingerprint density at radius 1 is 1.00 bits per heavy atom. The van der Waals surface area contributed by atoms with Crippen molar-refractivity contribution in [3.05, 3.63) is 76.4 Å². The van der Waals surface area contributed by atoms with Crippen LogP contribution in [0.5, 0.6) is 11.6 Å². The molecule has 3 aromatic rings. The molecule has 0 N–H and O–H groups in total. The summed E-state index contributed by atoms with van der Waals surface area (Å²) < 4.78 is 47.1. The lowest BCUT2D eigenvalue weighted by Crippen LogP contribution is -2.15. The van der Waals surface area contributed by atoms with Crippen LogP contribution in [0.25, 0.3) is 0 Å². The van der Waals surface area contributed by atoms with Crippen molar-refractivity contribution in [2.24, 2.45) is 9.63 Å². The summed E-state index contributed by atoms with van der Waals surface area (Å²) in [6, 6.07) is 10.2. The van der Waals surface area contributed by atoms with Crippen molar-refractivity contribution in [2.75, 3.05) is 0 Å². The molecule has 2 heterocycles. The molecule has 0 radical (unpaired) electrons. The maximum atomic E-state index is 13.3. The van der Waals surface area contributed by atoms with Gasteiger partial charge in [0.1, 0.15) is 11.3 Å². The van der Waals surface area contributed by atoms with Crippen molar-refractivity contribution in [2.45, 2.75) is 52.0 Å². The van der Waals surface area contributed by atoms with Gasteiger partial charge in [-0.2, -0.15) is 12.8 Å². The lowest BCUT2D eigenvalue weighted by Gasteiger charge is -2.20. The minimum absolute atomic E-state index is 0.0206. The van der Waals surface area contributed by atoms with Crippen LogP contribution in [0.2, 0.25) is 0 Å². The summed E-state index contributed by atoms with van der Waals surface area (Å²) in [6.07, 6.45) is 0. The first-order valence-electron chi connectivity index (χ1n) is 10.4. The first kappa shape index (κ1) is 25.1. The number of carbonyl (C=O) groups excluding carboxylic acids is 1. The third-order valence-corrected chi connectivity index (χ3v) is 5.91. The predicted molar refractivity (Wildman–Crippen MR) is 124 cm³/mol. The van der Waals surface area contributed by atoms with Gasteiger partial charge in [-0.15, -0.1) is 0 Å². The SMILES string of the molecule is Cc1cc(C)c(Oc2nc(C(C)(C)C)ccc2C(=O)N=NS(=O)(=O)c2cccc(F)n2)c(C)c1. The van der Waals surface area contributed by atoms with Crippen molar-refractivity contribution in [3.8, 4) is 11.6 Å². The van der Waals surface area contributed by atoms with E-state index in [2.05, 4.69) is 19.6 Å². The molecule has 0 aliphatic carbocycles. The second-order valence-corrected chi connectivity index (χ2v) is 10.4. The first-order valence-corrected chi connectivity index (χ1v) is 11.8. The summed E-state index contributed by atoms with van der Waals surface area (Å²) in [5, 5.41) is 2.68. The molecule has 0 atom stereocenters. The van der Waals surface area contributed by atoms with Crippen LogP contribution in [0, 0.1) is 26.7 Å². The molecule has 10 heteroatoms. The Morgan fingerprint density at radius 2 is 1.65 bits per heavy atom. The van der Waals surface area contributed by atoms with Gasteiger partial charge in [-0.1, -0.05) is 49.6 Å².